The van der Waals surface area contributed by atoms with E-state index < -0.39 is 0 Å². The Labute approximate surface area is 160 Å². The first kappa shape index (κ1) is 17.2. The second kappa shape index (κ2) is 7.55. The van der Waals surface area contributed by atoms with Crippen LogP contribution in [0.25, 0.3) is 0 Å². The molecule has 1 aliphatic heterocycles. The van der Waals surface area contributed by atoms with Crippen molar-refractivity contribution < 1.29 is 4.79 Å². The van der Waals surface area contributed by atoms with Gasteiger partial charge in [0.15, 0.2) is 5.16 Å². The number of carbonyl (C=O) groups excluding carboxylic acids is 1. The summed E-state index contributed by atoms with van der Waals surface area (Å²) in [7, 11) is 1.96. The molecule has 26 heavy (non-hydrogen) atoms. The topological polar surface area (TPSA) is 59.8 Å². The first-order valence-electron chi connectivity index (χ1n) is 8.32. The van der Waals surface area contributed by atoms with Crippen LogP contribution in [-0.2, 0) is 24.0 Å². The van der Waals surface area contributed by atoms with Gasteiger partial charge in [0, 0.05) is 24.1 Å². The number of nitrogens with one attached hydrogen (secondary N) is 1. The molecule has 3 aromatic rings. The molecular weight excluding hydrogens is 364 g/mol. The number of para-hydroxylation sites is 1. The Morgan fingerprint density at radius 2 is 1.88 bits per heavy atom. The van der Waals surface area contributed by atoms with Crippen LogP contribution >= 0.6 is 23.5 Å². The van der Waals surface area contributed by atoms with Crippen molar-refractivity contribution in [2.45, 2.75) is 27.5 Å². The Bertz CT molecular complexity index is 926. The monoisotopic (exact) mass is 382 g/mol. The van der Waals surface area contributed by atoms with Crippen LogP contribution in [-0.4, -0.2) is 25.9 Å². The van der Waals surface area contributed by atoms with Crippen molar-refractivity contribution in [2.75, 3.05) is 5.32 Å². The molecule has 0 fully saturated rings. The van der Waals surface area contributed by atoms with Gasteiger partial charge in [-0.15, -0.1) is 22.0 Å². The maximum absolute atomic E-state index is 12.4. The van der Waals surface area contributed by atoms with Crippen LogP contribution in [0.2, 0.25) is 0 Å². The molecule has 0 saturated carbocycles. The van der Waals surface area contributed by atoms with Crippen LogP contribution in [0.4, 0.5) is 5.69 Å². The smallest absolute Gasteiger partial charge is 0.238 e. The lowest BCUT2D eigenvalue weighted by atomic mass is 10.2. The number of amides is 1. The third-order valence-electron chi connectivity index (χ3n) is 4.21. The predicted octanol–water partition coefficient (Wildman–Crippen LogP) is 3.76. The van der Waals surface area contributed by atoms with Crippen molar-refractivity contribution in [3.8, 4) is 0 Å². The third kappa shape index (κ3) is 3.64. The van der Waals surface area contributed by atoms with E-state index in [1.807, 2.05) is 54.1 Å². The largest absolute Gasteiger partial charge is 0.324 e. The van der Waals surface area contributed by atoms with Gasteiger partial charge in [-0.05, 0) is 17.7 Å². The van der Waals surface area contributed by atoms with E-state index in [1.165, 1.54) is 5.56 Å². The molecule has 1 unspecified atom stereocenters. The predicted molar refractivity (Wildman–Crippen MR) is 105 cm³/mol. The highest BCUT2D eigenvalue weighted by Gasteiger charge is 2.28. The zero-order valence-corrected chi connectivity index (χ0v) is 15.9. The Morgan fingerprint density at radius 1 is 1.12 bits per heavy atom. The van der Waals surface area contributed by atoms with Crippen molar-refractivity contribution >= 4 is 35.1 Å². The van der Waals surface area contributed by atoms with Gasteiger partial charge >= 0.3 is 0 Å². The fourth-order valence-electron chi connectivity index (χ4n) is 2.76. The highest BCUT2D eigenvalue weighted by atomic mass is 32.2. The lowest BCUT2D eigenvalue weighted by molar-refractivity contribution is -0.115. The normalized spacial score (nSPS) is 16.2. The summed E-state index contributed by atoms with van der Waals surface area (Å²) in [5.41, 5.74) is 2.14. The van der Waals surface area contributed by atoms with Gasteiger partial charge in [-0.25, -0.2) is 0 Å². The Hall–Kier alpha value is -2.25. The molecule has 4 rings (SSSR count). The molecule has 0 saturated heterocycles. The summed E-state index contributed by atoms with van der Waals surface area (Å²) in [6.07, 6.45) is 0.556. The van der Waals surface area contributed by atoms with Gasteiger partial charge in [0.2, 0.25) is 5.91 Å². The number of rotatable bonds is 5. The Balaban J connectivity index is 1.44. The van der Waals surface area contributed by atoms with E-state index in [0.717, 1.165) is 27.3 Å². The number of carbonyl (C=O) groups is 1. The number of thioether (sulfide) groups is 2. The maximum Gasteiger partial charge on any atom is 0.238 e. The van der Waals surface area contributed by atoms with E-state index in [4.69, 9.17) is 0 Å². The molecule has 7 heteroatoms. The molecule has 132 valence electrons. The van der Waals surface area contributed by atoms with E-state index in [9.17, 15) is 4.79 Å². The molecule has 0 aliphatic carbocycles. The molecule has 1 N–H and O–H groups in total. The number of fused-ring (bicyclic) bond motifs is 1. The second-order valence-electron chi connectivity index (χ2n) is 6.03. The van der Waals surface area contributed by atoms with Crippen molar-refractivity contribution in [2.24, 2.45) is 7.05 Å². The van der Waals surface area contributed by atoms with Crippen molar-refractivity contribution in [1.82, 2.24) is 14.8 Å². The molecule has 1 aromatic heterocycles. The van der Waals surface area contributed by atoms with Crippen LogP contribution in [0.5, 0.6) is 0 Å². The quantitative estimate of drug-likeness (QED) is 0.681. The van der Waals surface area contributed by atoms with Gasteiger partial charge in [0.05, 0.1) is 10.9 Å². The standard InChI is InChI=1S/C19H18N4OS2/c1-23-17(21-22-19(23)25-12-13-7-3-2-4-8-13)11-16-18(24)20-14-9-5-6-10-15(14)26-16/h2-10,16H,11-12H2,1H3,(H,20,24). The van der Waals surface area contributed by atoms with Crippen molar-refractivity contribution in [3.05, 3.63) is 66.0 Å². The van der Waals surface area contributed by atoms with Crippen molar-refractivity contribution in [3.63, 3.8) is 0 Å². The van der Waals surface area contributed by atoms with Gasteiger partial charge < -0.3 is 9.88 Å². The summed E-state index contributed by atoms with van der Waals surface area (Å²) >= 11 is 3.24. The van der Waals surface area contributed by atoms with E-state index >= 15 is 0 Å². The molecule has 2 heterocycles. The molecule has 5 nitrogen and oxygen atoms in total. The first-order chi connectivity index (χ1) is 12.7. The van der Waals surface area contributed by atoms with E-state index in [0.29, 0.717) is 6.42 Å². The van der Waals surface area contributed by atoms with E-state index in [-0.39, 0.29) is 11.2 Å². The van der Waals surface area contributed by atoms with Crippen LogP contribution in [0.1, 0.15) is 11.4 Å². The summed E-state index contributed by atoms with van der Waals surface area (Å²) in [5.74, 6) is 1.70. The first-order valence-corrected chi connectivity index (χ1v) is 10.2. The van der Waals surface area contributed by atoms with Gasteiger partial charge in [-0.3, -0.25) is 4.79 Å². The zero-order chi connectivity index (χ0) is 17.9. The molecule has 1 atom stereocenters. The molecule has 0 radical (unpaired) electrons. The minimum absolute atomic E-state index is 0.0233. The van der Waals surface area contributed by atoms with Gasteiger partial charge in [-0.2, -0.15) is 0 Å². The number of aromatic nitrogens is 3. The number of nitrogens with zero attached hydrogens (tertiary/aromatic N) is 3. The van der Waals surface area contributed by atoms with Crippen molar-refractivity contribution in [1.29, 1.82) is 0 Å². The lowest BCUT2D eigenvalue weighted by Gasteiger charge is -2.23. The SMILES string of the molecule is Cn1c(CC2Sc3ccccc3NC2=O)nnc1SCc1ccccc1. The minimum Gasteiger partial charge on any atom is -0.324 e. The number of benzene rings is 2. The van der Waals surface area contributed by atoms with Crippen LogP contribution in [0.15, 0.2) is 64.6 Å². The number of anilines is 1. The van der Waals surface area contributed by atoms with Gasteiger partial charge in [0.25, 0.3) is 0 Å². The summed E-state index contributed by atoms with van der Waals surface area (Å²) < 4.78 is 1.99. The zero-order valence-electron chi connectivity index (χ0n) is 14.3. The fourth-order valence-corrected chi connectivity index (χ4v) is 4.76. The second-order valence-corrected chi connectivity index (χ2v) is 8.22. The van der Waals surface area contributed by atoms with E-state index in [1.54, 1.807) is 23.5 Å². The van der Waals surface area contributed by atoms with Gasteiger partial charge in [-0.1, -0.05) is 54.2 Å². The van der Waals surface area contributed by atoms with Crippen LogP contribution in [0.3, 0.4) is 0 Å². The molecule has 1 amide bonds. The maximum atomic E-state index is 12.4. The Kier molecular flexibility index (Phi) is 4.99. The van der Waals surface area contributed by atoms with Crippen LogP contribution in [0, 0.1) is 0 Å². The molecule has 1 aliphatic rings. The van der Waals surface area contributed by atoms with Crippen LogP contribution < -0.4 is 5.32 Å². The Morgan fingerprint density at radius 3 is 2.73 bits per heavy atom. The highest BCUT2D eigenvalue weighted by Crippen LogP contribution is 2.36. The van der Waals surface area contributed by atoms with E-state index in [2.05, 4.69) is 27.6 Å². The molecule has 2 aromatic carbocycles. The summed E-state index contributed by atoms with van der Waals surface area (Å²) in [5, 5.41) is 12.3. The minimum atomic E-state index is -0.195. The van der Waals surface area contributed by atoms with Gasteiger partial charge in [0.1, 0.15) is 5.82 Å². The fraction of sp³-hybridized carbons (Fsp3) is 0.211. The average Bonchev–Trinajstić information content (AvgIpc) is 3.01. The average molecular weight is 383 g/mol. The number of hydrogen-bond acceptors (Lipinski definition) is 5. The molecule has 0 bridgehead atoms. The summed E-state index contributed by atoms with van der Waals surface area (Å²) in [6.45, 7) is 0. The summed E-state index contributed by atoms with van der Waals surface area (Å²) in [4.78, 5) is 13.5. The highest BCUT2D eigenvalue weighted by molar-refractivity contribution is 8.01. The third-order valence-corrected chi connectivity index (χ3v) is 6.58. The molecular formula is C19H18N4OS2. The summed E-state index contributed by atoms with van der Waals surface area (Å²) in [6, 6.07) is 18.2. The lowest BCUT2D eigenvalue weighted by Crippen LogP contribution is -2.31. The number of hydrogen-bond donors (Lipinski definition) is 1. The molecule has 0 spiro atoms.